The minimum Gasteiger partial charge on any atom is -0.354 e. The summed E-state index contributed by atoms with van der Waals surface area (Å²) in [6.45, 7) is 4.11. The lowest BCUT2D eigenvalue weighted by Crippen LogP contribution is -2.66. The van der Waals surface area contributed by atoms with Crippen molar-refractivity contribution in [2.24, 2.45) is 10.6 Å². The van der Waals surface area contributed by atoms with Gasteiger partial charge < -0.3 is 4.90 Å². The molecule has 2 aliphatic rings. The second-order valence-electron chi connectivity index (χ2n) is 7.88. The van der Waals surface area contributed by atoms with Crippen LogP contribution in [0.15, 0.2) is 12.4 Å². The fourth-order valence-corrected chi connectivity index (χ4v) is 5.31. The zero-order chi connectivity index (χ0) is 20.1. The zero-order valence-corrected chi connectivity index (χ0v) is 17.0. The molecule has 1 saturated heterocycles. The van der Waals surface area contributed by atoms with Gasteiger partial charge in [0.1, 0.15) is 17.0 Å². The fraction of sp³-hybridized carbons (Fsp3) is 0.647. The van der Waals surface area contributed by atoms with E-state index in [0.29, 0.717) is 11.7 Å². The van der Waals surface area contributed by atoms with Crippen LogP contribution < -0.4 is 10.0 Å². The number of alkyl halides is 3. The highest BCUT2D eigenvalue weighted by Gasteiger charge is 2.54. The van der Waals surface area contributed by atoms with Crippen molar-refractivity contribution in [3.63, 3.8) is 0 Å². The summed E-state index contributed by atoms with van der Waals surface area (Å²) in [5.41, 5.74) is 2.16. The molecule has 3 heterocycles. The maximum Gasteiger partial charge on any atom is 0.389 e. The summed E-state index contributed by atoms with van der Waals surface area (Å²) in [4.78, 5) is 6.68. The molecule has 2 aromatic heterocycles. The molecule has 0 unspecified atom stereocenters. The van der Waals surface area contributed by atoms with Gasteiger partial charge in [0.2, 0.25) is 0 Å². The van der Waals surface area contributed by atoms with Crippen molar-refractivity contribution in [3.05, 3.63) is 23.1 Å². The third-order valence-corrected chi connectivity index (χ3v) is 6.77. The van der Waals surface area contributed by atoms with Crippen molar-refractivity contribution in [3.8, 4) is 0 Å². The summed E-state index contributed by atoms with van der Waals surface area (Å²) < 4.78 is 40.7. The lowest BCUT2D eigenvalue weighted by Gasteiger charge is -2.61. The number of halogens is 4. The molecule has 154 valence electrons. The molecule has 4 rings (SSSR count). The highest BCUT2D eigenvalue weighted by molar-refractivity contribution is 7.94. The van der Waals surface area contributed by atoms with Gasteiger partial charge >= 0.3 is 6.18 Å². The lowest BCUT2D eigenvalue weighted by atomic mass is 9.60. The quantitative estimate of drug-likeness (QED) is 0.697. The summed E-state index contributed by atoms with van der Waals surface area (Å²) >= 11 is 7.27. The molecule has 11 heteroatoms. The smallest absolute Gasteiger partial charge is 0.354 e. The number of anilines is 1. The maximum absolute atomic E-state index is 12.4. The highest BCUT2D eigenvalue weighted by atomic mass is 35.5. The first-order chi connectivity index (χ1) is 13.2. The van der Waals surface area contributed by atoms with Crippen LogP contribution >= 0.6 is 23.7 Å². The number of rotatable bonds is 6. The summed E-state index contributed by atoms with van der Waals surface area (Å²) in [6, 6.07) is 2.11. The minimum atomic E-state index is -4.11. The van der Waals surface area contributed by atoms with Gasteiger partial charge in [0.05, 0.1) is 0 Å². The van der Waals surface area contributed by atoms with Crippen LogP contribution in [0, 0.1) is 12.3 Å². The predicted octanol–water partition coefficient (Wildman–Crippen LogP) is 3.83. The molecule has 0 amide bonds. The van der Waals surface area contributed by atoms with Crippen molar-refractivity contribution in [1.29, 1.82) is 0 Å². The number of nitrogens with zero attached hydrogens (tertiary/aromatic N) is 5. The fourth-order valence-electron chi connectivity index (χ4n) is 4.46. The van der Waals surface area contributed by atoms with Crippen LogP contribution in [0.2, 0.25) is 5.15 Å². The maximum atomic E-state index is 12.4. The zero-order valence-electron chi connectivity index (χ0n) is 15.4. The molecule has 1 aliphatic heterocycles. The number of nitrogens with two attached hydrogens (primary N) is 1. The summed E-state index contributed by atoms with van der Waals surface area (Å²) in [7, 11) is 0. The monoisotopic (exact) mass is 434 g/mol. The summed E-state index contributed by atoms with van der Waals surface area (Å²) in [5.74, 6) is 0.878. The van der Waals surface area contributed by atoms with Crippen LogP contribution in [0.3, 0.4) is 0 Å². The van der Waals surface area contributed by atoms with Crippen molar-refractivity contribution >= 4 is 35.1 Å². The molecule has 2 N–H and O–H groups in total. The van der Waals surface area contributed by atoms with E-state index in [-0.39, 0.29) is 17.9 Å². The van der Waals surface area contributed by atoms with E-state index in [4.69, 9.17) is 16.7 Å². The first-order valence-corrected chi connectivity index (χ1v) is 10.4. The largest absolute Gasteiger partial charge is 0.389 e. The van der Waals surface area contributed by atoms with Gasteiger partial charge in [-0.3, -0.25) is 5.14 Å². The SMILES string of the molecule is Cc1cc(Cl)n2ncnc(N3CC4(CC(N(CCCC(F)(F)F)SN)C4)C3)c12. The third-order valence-electron chi connectivity index (χ3n) is 5.75. The lowest BCUT2D eigenvalue weighted by molar-refractivity contribution is -0.136. The molecule has 1 saturated carbocycles. The van der Waals surface area contributed by atoms with E-state index in [2.05, 4.69) is 15.0 Å². The van der Waals surface area contributed by atoms with Gasteiger partial charge in [0.25, 0.3) is 0 Å². The molecular weight excluding hydrogens is 413 g/mol. The third kappa shape index (κ3) is 3.67. The van der Waals surface area contributed by atoms with Gasteiger partial charge in [-0.05, 0) is 37.8 Å². The predicted molar refractivity (Wildman–Crippen MR) is 104 cm³/mol. The van der Waals surface area contributed by atoms with Crippen LogP contribution in [0.4, 0.5) is 19.0 Å². The Morgan fingerprint density at radius 2 is 2.11 bits per heavy atom. The average molecular weight is 435 g/mol. The van der Waals surface area contributed by atoms with E-state index in [1.807, 2.05) is 17.3 Å². The van der Waals surface area contributed by atoms with Crippen LogP contribution in [-0.2, 0) is 0 Å². The topological polar surface area (TPSA) is 62.7 Å². The molecule has 28 heavy (non-hydrogen) atoms. The molecule has 2 fully saturated rings. The molecule has 0 aromatic carbocycles. The Morgan fingerprint density at radius 3 is 2.75 bits per heavy atom. The molecule has 0 radical (unpaired) electrons. The van der Waals surface area contributed by atoms with Gasteiger partial charge in [-0.15, -0.1) is 0 Å². The number of hydrogen-bond acceptors (Lipinski definition) is 6. The Morgan fingerprint density at radius 1 is 1.39 bits per heavy atom. The summed E-state index contributed by atoms with van der Waals surface area (Å²) in [5, 5.41) is 10.5. The van der Waals surface area contributed by atoms with Crippen molar-refractivity contribution in [1.82, 2.24) is 18.9 Å². The van der Waals surface area contributed by atoms with Gasteiger partial charge in [0.15, 0.2) is 5.82 Å². The number of aromatic nitrogens is 3. The minimum absolute atomic E-state index is 0.0799. The van der Waals surface area contributed by atoms with E-state index in [1.54, 1.807) is 4.52 Å². The van der Waals surface area contributed by atoms with E-state index >= 15 is 0 Å². The van der Waals surface area contributed by atoms with E-state index in [9.17, 15) is 13.2 Å². The first-order valence-electron chi connectivity index (χ1n) is 9.15. The van der Waals surface area contributed by atoms with Crippen LogP contribution in [0.25, 0.3) is 5.52 Å². The van der Waals surface area contributed by atoms with Crippen molar-refractivity contribution < 1.29 is 13.2 Å². The highest BCUT2D eigenvalue weighted by Crippen LogP contribution is 2.52. The molecule has 6 nitrogen and oxygen atoms in total. The summed E-state index contributed by atoms with van der Waals surface area (Å²) in [6.07, 6.45) is -1.39. The average Bonchev–Trinajstić information content (AvgIpc) is 2.84. The molecular formula is C17H22ClF3N6S. The Hall–Kier alpha value is -1.23. The van der Waals surface area contributed by atoms with Gasteiger partial charge in [0, 0.05) is 49.6 Å². The first kappa shape index (κ1) is 20.1. The van der Waals surface area contributed by atoms with Gasteiger partial charge in [-0.1, -0.05) is 11.6 Å². The van der Waals surface area contributed by atoms with Crippen LogP contribution in [0.1, 0.15) is 31.2 Å². The Bertz CT molecular complexity index is 858. The van der Waals surface area contributed by atoms with Crippen LogP contribution in [-0.4, -0.2) is 50.8 Å². The number of hydrogen-bond donors (Lipinski definition) is 1. The van der Waals surface area contributed by atoms with Gasteiger partial charge in [-0.25, -0.2) is 13.8 Å². The molecule has 1 spiro atoms. The second-order valence-corrected chi connectivity index (χ2v) is 8.94. The second kappa shape index (κ2) is 7.23. The molecule has 0 bridgehead atoms. The normalized spacial score (nSPS) is 19.5. The van der Waals surface area contributed by atoms with Crippen LogP contribution in [0.5, 0.6) is 0 Å². The van der Waals surface area contributed by atoms with Crippen molar-refractivity contribution in [2.45, 2.75) is 44.8 Å². The Kier molecular flexibility index (Phi) is 5.18. The molecule has 2 aromatic rings. The Balaban J connectivity index is 1.34. The number of aryl methyl sites for hydroxylation is 1. The van der Waals surface area contributed by atoms with Crippen molar-refractivity contribution in [2.75, 3.05) is 24.5 Å². The number of fused-ring (bicyclic) bond motifs is 1. The van der Waals surface area contributed by atoms with Gasteiger partial charge in [-0.2, -0.15) is 18.3 Å². The van der Waals surface area contributed by atoms with E-state index < -0.39 is 12.6 Å². The van der Waals surface area contributed by atoms with E-state index in [0.717, 1.165) is 55.0 Å². The molecule has 0 atom stereocenters. The molecule has 1 aliphatic carbocycles. The standard InChI is InChI=1S/C17H22ClF3N6S/c1-11-5-13(18)27-14(11)15(23-10-24-27)25-8-16(9-25)6-12(7-16)26(28-22)4-2-3-17(19,20)21/h5,10,12H,2-4,6-9,22H2,1H3. The van der Waals surface area contributed by atoms with E-state index in [1.165, 1.54) is 6.33 Å². The Labute approximate surface area is 170 Å².